The van der Waals surface area contributed by atoms with Crippen LogP contribution in [-0.2, 0) is 0 Å². The van der Waals surface area contributed by atoms with E-state index < -0.39 is 11.6 Å². The molecule has 0 spiro atoms. The zero-order valence-electron chi connectivity index (χ0n) is 13.0. The molecule has 0 atom stereocenters. The van der Waals surface area contributed by atoms with Crippen molar-refractivity contribution in [3.8, 4) is 17.2 Å². The fraction of sp³-hybridized carbons (Fsp3) is 0.0500. The lowest BCUT2D eigenvalue weighted by Crippen LogP contribution is -2.06. The van der Waals surface area contributed by atoms with Crippen LogP contribution in [0.4, 0.5) is 4.39 Å². The van der Waals surface area contributed by atoms with Crippen LogP contribution in [-0.4, -0.2) is 12.9 Å². The van der Waals surface area contributed by atoms with Gasteiger partial charge >= 0.3 is 0 Å². The molecule has 0 saturated carbocycles. The van der Waals surface area contributed by atoms with E-state index in [-0.39, 0.29) is 11.3 Å². The molecule has 3 nitrogen and oxygen atoms in total. The first-order valence-electron chi connectivity index (χ1n) is 7.39. The number of hydrogen-bond acceptors (Lipinski definition) is 3. The molecular weight excluding hydrogens is 307 g/mol. The van der Waals surface area contributed by atoms with E-state index in [1.807, 2.05) is 30.3 Å². The van der Waals surface area contributed by atoms with Crippen molar-refractivity contribution >= 4 is 5.78 Å². The van der Waals surface area contributed by atoms with E-state index in [1.54, 1.807) is 30.3 Å². The molecule has 120 valence electrons. The summed E-state index contributed by atoms with van der Waals surface area (Å²) in [5.41, 5.74) is 0.288. The quantitative estimate of drug-likeness (QED) is 0.629. The third kappa shape index (κ3) is 3.27. The molecule has 0 saturated heterocycles. The molecule has 0 aliphatic heterocycles. The van der Waals surface area contributed by atoms with Crippen LogP contribution in [0.2, 0.25) is 0 Å². The van der Waals surface area contributed by atoms with Gasteiger partial charge in [0.1, 0.15) is 28.6 Å². The summed E-state index contributed by atoms with van der Waals surface area (Å²) in [6.45, 7) is 0. The summed E-state index contributed by atoms with van der Waals surface area (Å²) in [5, 5.41) is 0. The van der Waals surface area contributed by atoms with Gasteiger partial charge in [-0.15, -0.1) is 0 Å². The van der Waals surface area contributed by atoms with Crippen LogP contribution in [0.15, 0.2) is 72.8 Å². The monoisotopic (exact) mass is 322 g/mol. The molecule has 0 unspecified atom stereocenters. The minimum Gasteiger partial charge on any atom is -0.496 e. The number of hydrogen-bond donors (Lipinski definition) is 0. The average molecular weight is 322 g/mol. The second-order valence-electron chi connectivity index (χ2n) is 5.09. The molecule has 0 amide bonds. The predicted molar refractivity (Wildman–Crippen MR) is 89.3 cm³/mol. The van der Waals surface area contributed by atoms with E-state index in [9.17, 15) is 9.18 Å². The third-order valence-corrected chi connectivity index (χ3v) is 3.52. The van der Waals surface area contributed by atoms with Crippen LogP contribution in [0.3, 0.4) is 0 Å². The third-order valence-electron chi connectivity index (χ3n) is 3.52. The zero-order chi connectivity index (χ0) is 16.9. The van der Waals surface area contributed by atoms with Crippen LogP contribution < -0.4 is 9.47 Å². The highest BCUT2D eigenvalue weighted by Crippen LogP contribution is 2.26. The topological polar surface area (TPSA) is 35.5 Å². The number of ether oxygens (including phenoxy) is 2. The van der Waals surface area contributed by atoms with Gasteiger partial charge in [-0.2, -0.15) is 0 Å². The summed E-state index contributed by atoms with van der Waals surface area (Å²) in [6.07, 6.45) is 0. The van der Waals surface area contributed by atoms with Crippen molar-refractivity contribution in [3.05, 3.63) is 89.7 Å². The number of halogens is 1. The lowest BCUT2D eigenvalue weighted by molar-refractivity contribution is 0.103. The van der Waals surface area contributed by atoms with Crippen molar-refractivity contribution in [2.75, 3.05) is 7.11 Å². The number of methoxy groups -OCH3 is 1. The van der Waals surface area contributed by atoms with Gasteiger partial charge in [-0.25, -0.2) is 4.39 Å². The first-order valence-corrected chi connectivity index (χ1v) is 7.39. The first-order chi connectivity index (χ1) is 11.7. The Hall–Kier alpha value is -3.14. The van der Waals surface area contributed by atoms with Crippen LogP contribution >= 0.6 is 0 Å². The number of carbonyl (C=O) groups is 1. The Balaban J connectivity index is 1.85. The molecule has 0 aliphatic rings. The van der Waals surface area contributed by atoms with Crippen molar-refractivity contribution < 1.29 is 18.7 Å². The summed E-state index contributed by atoms with van der Waals surface area (Å²) in [5.74, 6) is 0.468. The van der Waals surface area contributed by atoms with Crippen LogP contribution in [0.1, 0.15) is 15.9 Å². The molecule has 3 rings (SSSR count). The maximum atomic E-state index is 14.0. The molecule has 3 aromatic rings. The number of para-hydroxylation sites is 1. The Morgan fingerprint density at radius 1 is 0.833 bits per heavy atom. The Kier molecular flexibility index (Phi) is 4.57. The highest BCUT2D eigenvalue weighted by molar-refractivity contribution is 6.10. The van der Waals surface area contributed by atoms with Gasteiger partial charge in [0.2, 0.25) is 0 Å². The molecule has 0 bridgehead atoms. The Labute approximate surface area is 139 Å². The van der Waals surface area contributed by atoms with Gasteiger partial charge in [0.15, 0.2) is 5.78 Å². The van der Waals surface area contributed by atoms with Crippen LogP contribution in [0, 0.1) is 5.82 Å². The van der Waals surface area contributed by atoms with Gasteiger partial charge < -0.3 is 9.47 Å². The number of benzene rings is 3. The minimum atomic E-state index is -0.607. The summed E-state index contributed by atoms with van der Waals surface area (Å²) in [7, 11) is 1.41. The number of carbonyl (C=O) groups excluding carboxylic acids is 1. The lowest BCUT2D eigenvalue weighted by atomic mass is 10.0. The van der Waals surface area contributed by atoms with Crippen molar-refractivity contribution in [2.24, 2.45) is 0 Å². The van der Waals surface area contributed by atoms with E-state index in [1.165, 1.54) is 19.2 Å². The maximum Gasteiger partial charge on any atom is 0.199 e. The molecular formula is C20H15FO3. The van der Waals surface area contributed by atoms with Crippen molar-refractivity contribution in [2.45, 2.75) is 0 Å². The van der Waals surface area contributed by atoms with Crippen LogP contribution in [0.25, 0.3) is 0 Å². The van der Waals surface area contributed by atoms with Gasteiger partial charge in [0, 0.05) is 5.56 Å². The highest BCUT2D eigenvalue weighted by atomic mass is 19.1. The first kappa shape index (κ1) is 15.7. The second kappa shape index (κ2) is 6.96. The van der Waals surface area contributed by atoms with Gasteiger partial charge in [0.25, 0.3) is 0 Å². The molecule has 0 aromatic heterocycles. The largest absolute Gasteiger partial charge is 0.496 e. The van der Waals surface area contributed by atoms with Crippen molar-refractivity contribution in [1.82, 2.24) is 0 Å². The smallest absolute Gasteiger partial charge is 0.199 e. The molecule has 0 aliphatic carbocycles. The van der Waals surface area contributed by atoms with E-state index in [4.69, 9.17) is 9.47 Å². The van der Waals surface area contributed by atoms with Gasteiger partial charge in [0.05, 0.1) is 7.11 Å². The normalized spacial score (nSPS) is 10.2. The summed E-state index contributed by atoms with van der Waals surface area (Å²) in [4.78, 5) is 12.6. The molecule has 3 aromatic carbocycles. The number of rotatable bonds is 5. The van der Waals surface area contributed by atoms with Crippen molar-refractivity contribution in [1.29, 1.82) is 0 Å². The molecule has 0 radical (unpaired) electrons. The highest BCUT2D eigenvalue weighted by Gasteiger charge is 2.19. The fourth-order valence-corrected chi connectivity index (χ4v) is 2.34. The fourth-order valence-electron chi connectivity index (χ4n) is 2.34. The lowest BCUT2D eigenvalue weighted by Gasteiger charge is -2.09. The standard InChI is InChI=1S/C20H15FO3/c1-23-18-9-5-8-17(21)19(18)20(22)14-10-12-16(13-11-14)24-15-6-3-2-4-7-15/h2-13H,1H3. The molecule has 0 heterocycles. The van der Waals surface area contributed by atoms with E-state index in [0.29, 0.717) is 17.1 Å². The minimum absolute atomic E-state index is 0.0725. The van der Waals surface area contributed by atoms with Crippen LogP contribution in [0.5, 0.6) is 17.2 Å². The average Bonchev–Trinajstić information content (AvgIpc) is 2.62. The molecule has 0 fully saturated rings. The second-order valence-corrected chi connectivity index (χ2v) is 5.09. The van der Waals surface area contributed by atoms with E-state index in [0.717, 1.165) is 0 Å². The number of ketones is 1. The summed E-state index contributed by atoms with van der Waals surface area (Å²) < 4.78 is 24.8. The SMILES string of the molecule is COc1cccc(F)c1C(=O)c1ccc(Oc2ccccc2)cc1. The maximum absolute atomic E-state index is 14.0. The molecule has 4 heteroatoms. The Morgan fingerprint density at radius 2 is 1.50 bits per heavy atom. The molecule has 24 heavy (non-hydrogen) atoms. The zero-order valence-corrected chi connectivity index (χ0v) is 13.0. The van der Waals surface area contributed by atoms with Crippen molar-refractivity contribution in [3.63, 3.8) is 0 Å². The van der Waals surface area contributed by atoms with E-state index >= 15 is 0 Å². The van der Waals surface area contributed by atoms with Gasteiger partial charge in [-0.3, -0.25) is 4.79 Å². The Morgan fingerprint density at radius 3 is 2.17 bits per heavy atom. The Bertz CT molecular complexity index is 843. The van der Waals surface area contributed by atoms with E-state index in [2.05, 4.69) is 0 Å². The van der Waals surface area contributed by atoms with Gasteiger partial charge in [-0.05, 0) is 48.5 Å². The molecule has 0 N–H and O–H groups in total. The van der Waals surface area contributed by atoms with Gasteiger partial charge in [-0.1, -0.05) is 24.3 Å². The summed E-state index contributed by atoms with van der Waals surface area (Å²) >= 11 is 0. The summed E-state index contributed by atoms with van der Waals surface area (Å²) in [6, 6.07) is 20.2. The predicted octanol–water partition coefficient (Wildman–Crippen LogP) is 4.86.